The highest BCUT2D eigenvalue weighted by Crippen LogP contribution is 2.19. The van der Waals surface area contributed by atoms with E-state index in [0.717, 1.165) is 0 Å². The van der Waals surface area contributed by atoms with E-state index < -0.39 is 18.2 Å². The van der Waals surface area contributed by atoms with E-state index in [1.807, 2.05) is 0 Å². The van der Waals surface area contributed by atoms with E-state index >= 15 is 0 Å². The van der Waals surface area contributed by atoms with E-state index in [1.54, 1.807) is 24.3 Å². The third-order valence-corrected chi connectivity index (χ3v) is 1.90. The molecule has 1 rings (SSSR count). The van der Waals surface area contributed by atoms with E-state index in [-0.39, 0.29) is 0 Å². The minimum atomic E-state index is -1.03. The van der Waals surface area contributed by atoms with Gasteiger partial charge in [-0.3, -0.25) is 9.59 Å². The Hall–Kier alpha value is -2.28. The molecular weight excluding hydrogens is 220 g/mol. The normalized spacial score (nSPS) is 9.53. The summed E-state index contributed by atoms with van der Waals surface area (Å²) < 4.78 is 9.77. The average Bonchev–Trinajstić information content (AvgIpc) is 2.27. The Bertz CT molecular complexity index is 437. The Kier molecular flexibility index (Phi) is 4.29. The number of esters is 2. The molecule has 0 saturated carbocycles. The average molecular weight is 232 g/mol. The molecule has 4 nitrogen and oxygen atoms in total. The number of hydrogen-bond acceptors (Lipinski definition) is 4. The first-order valence-electron chi connectivity index (χ1n) is 4.94. The van der Waals surface area contributed by atoms with Crippen molar-refractivity contribution in [2.24, 2.45) is 0 Å². The first-order valence-corrected chi connectivity index (χ1v) is 4.94. The van der Waals surface area contributed by atoms with Crippen LogP contribution in [0.25, 0.3) is 0 Å². The number of hydrogen-bond donors (Lipinski definition) is 0. The summed E-state index contributed by atoms with van der Waals surface area (Å²) >= 11 is 0. The Balaban J connectivity index is 2.91. The highest BCUT2D eigenvalue weighted by molar-refractivity contribution is 5.68. The lowest BCUT2D eigenvalue weighted by molar-refractivity contribution is -0.186. The van der Waals surface area contributed by atoms with Crippen LogP contribution in [0.3, 0.4) is 0 Å². The Labute approximate surface area is 99.5 Å². The van der Waals surface area contributed by atoms with E-state index in [4.69, 9.17) is 15.9 Å². The molecule has 0 N–H and O–H groups in total. The third kappa shape index (κ3) is 3.99. The van der Waals surface area contributed by atoms with E-state index in [0.29, 0.717) is 11.1 Å². The largest absolute Gasteiger partial charge is 0.421 e. The molecule has 1 aromatic rings. The van der Waals surface area contributed by atoms with Crippen LogP contribution in [0.4, 0.5) is 0 Å². The number of terminal acetylenes is 1. The Morgan fingerprint density at radius 3 is 1.94 bits per heavy atom. The minimum absolute atomic E-state index is 0.530. The number of benzene rings is 1. The van der Waals surface area contributed by atoms with Crippen molar-refractivity contribution in [1.29, 1.82) is 0 Å². The summed E-state index contributed by atoms with van der Waals surface area (Å²) in [7, 11) is 0. The molecule has 0 bridgehead atoms. The van der Waals surface area contributed by atoms with Crippen molar-refractivity contribution in [2.45, 2.75) is 20.1 Å². The van der Waals surface area contributed by atoms with Crippen LogP contribution in [0, 0.1) is 12.3 Å². The molecule has 4 heteroatoms. The van der Waals surface area contributed by atoms with E-state index in [1.165, 1.54) is 13.8 Å². The predicted octanol–water partition coefficient (Wildman–Crippen LogP) is 1.79. The molecule has 0 saturated heterocycles. The zero-order chi connectivity index (χ0) is 12.8. The lowest BCUT2D eigenvalue weighted by atomic mass is 10.1. The van der Waals surface area contributed by atoms with E-state index in [2.05, 4.69) is 5.92 Å². The molecule has 0 heterocycles. The molecule has 88 valence electrons. The van der Waals surface area contributed by atoms with Gasteiger partial charge in [0.05, 0.1) is 0 Å². The fourth-order valence-corrected chi connectivity index (χ4v) is 1.20. The van der Waals surface area contributed by atoms with Crippen molar-refractivity contribution in [1.82, 2.24) is 0 Å². The number of ether oxygens (including phenoxy) is 2. The minimum Gasteiger partial charge on any atom is -0.421 e. The van der Waals surface area contributed by atoms with Gasteiger partial charge in [-0.15, -0.1) is 6.42 Å². The standard InChI is InChI=1S/C13H12O4/c1-4-11-5-7-12(8-6-11)13(16-9(2)14)17-10(3)15/h1,5-8,13H,2-3H3. The summed E-state index contributed by atoms with van der Waals surface area (Å²) in [5, 5.41) is 0. The second kappa shape index (κ2) is 5.71. The summed E-state index contributed by atoms with van der Waals surface area (Å²) in [5.74, 6) is 1.40. The van der Waals surface area contributed by atoms with Crippen LogP contribution in [-0.4, -0.2) is 11.9 Å². The van der Waals surface area contributed by atoms with Crippen molar-refractivity contribution in [3.63, 3.8) is 0 Å². The van der Waals surface area contributed by atoms with Crippen LogP contribution in [0.2, 0.25) is 0 Å². The third-order valence-electron chi connectivity index (χ3n) is 1.90. The molecule has 0 aromatic heterocycles. The summed E-state index contributed by atoms with van der Waals surface area (Å²) in [6.07, 6.45) is 4.19. The molecular formula is C13H12O4. The van der Waals surface area contributed by atoms with Gasteiger partial charge in [0, 0.05) is 25.0 Å². The molecule has 0 atom stereocenters. The van der Waals surface area contributed by atoms with Crippen molar-refractivity contribution in [3.8, 4) is 12.3 Å². The van der Waals surface area contributed by atoms with Gasteiger partial charge in [-0.25, -0.2) is 0 Å². The highest BCUT2D eigenvalue weighted by atomic mass is 16.7. The lowest BCUT2D eigenvalue weighted by Gasteiger charge is -2.16. The van der Waals surface area contributed by atoms with Crippen molar-refractivity contribution < 1.29 is 19.1 Å². The lowest BCUT2D eigenvalue weighted by Crippen LogP contribution is -2.14. The summed E-state index contributed by atoms with van der Waals surface area (Å²) in [6, 6.07) is 6.64. The second-order valence-electron chi connectivity index (χ2n) is 3.32. The first-order chi connectivity index (χ1) is 8.02. The van der Waals surface area contributed by atoms with Gasteiger partial charge in [-0.1, -0.05) is 18.1 Å². The zero-order valence-corrected chi connectivity index (χ0v) is 9.60. The van der Waals surface area contributed by atoms with Crippen molar-refractivity contribution in [3.05, 3.63) is 35.4 Å². The molecule has 1 aromatic carbocycles. The van der Waals surface area contributed by atoms with Gasteiger partial charge in [0.25, 0.3) is 6.29 Å². The molecule has 0 aliphatic rings. The fraction of sp³-hybridized carbons (Fsp3) is 0.231. The molecule has 0 fully saturated rings. The molecule has 0 aliphatic carbocycles. The Morgan fingerprint density at radius 2 is 1.59 bits per heavy atom. The maximum absolute atomic E-state index is 10.9. The Morgan fingerprint density at radius 1 is 1.12 bits per heavy atom. The van der Waals surface area contributed by atoms with Gasteiger partial charge in [0.1, 0.15) is 0 Å². The maximum Gasteiger partial charge on any atom is 0.305 e. The fourth-order valence-electron chi connectivity index (χ4n) is 1.20. The topological polar surface area (TPSA) is 52.6 Å². The molecule has 17 heavy (non-hydrogen) atoms. The van der Waals surface area contributed by atoms with Crippen LogP contribution in [0.15, 0.2) is 24.3 Å². The highest BCUT2D eigenvalue weighted by Gasteiger charge is 2.17. The smallest absolute Gasteiger partial charge is 0.305 e. The summed E-state index contributed by atoms with van der Waals surface area (Å²) in [6.45, 7) is 2.48. The quantitative estimate of drug-likeness (QED) is 0.453. The molecule has 0 unspecified atom stereocenters. The van der Waals surface area contributed by atoms with Gasteiger partial charge < -0.3 is 9.47 Å². The molecule has 0 amide bonds. The van der Waals surface area contributed by atoms with E-state index in [9.17, 15) is 9.59 Å². The zero-order valence-electron chi connectivity index (χ0n) is 9.60. The van der Waals surface area contributed by atoms with Crippen molar-refractivity contribution in [2.75, 3.05) is 0 Å². The van der Waals surface area contributed by atoms with Gasteiger partial charge in [-0.05, 0) is 12.1 Å². The molecule has 0 aliphatic heterocycles. The van der Waals surface area contributed by atoms with Gasteiger partial charge >= 0.3 is 11.9 Å². The SMILES string of the molecule is C#Cc1ccc(C(OC(C)=O)OC(C)=O)cc1. The first kappa shape index (κ1) is 12.8. The van der Waals surface area contributed by atoms with Gasteiger partial charge in [0.15, 0.2) is 0 Å². The van der Waals surface area contributed by atoms with Gasteiger partial charge in [-0.2, -0.15) is 0 Å². The molecule has 0 radical (unpaired) electrons. The van der Waals surface area contributed by atoms with Crippen LogP contribution in [-0.2, 0) is 19.1 Å². The maximum atomic E-state index is 10.9. The van der Waals surface area contributed by atoms with Crippen molar-refractivity contribution >= 4 is 11.9 Å². The number of carbonyl (C=O) groups is 2. The number of rotatable bonds is 3. The van der Waals surface area contributed by atoms with Gasteiger partial charge in [0.2, 0.25) is 0 Å². The predicted molar refractivity (Wildman–Crippen MR) is 60.7 cm³/mol. The second-order valence-corrected chi connectivity index (χ2v) is 3.32. The molecule has 0 spiro atoms. The van der Waals surface area contributed by atoms with Crippen LogP contribution < -0.4 is 0 Å². The van der Waals surface area contributed by atoms with Crippen LogP contribution >= 0.6 is 0 Å². The van der Waals surface area contributed by atoms with Crippen LogP contribution in [0.1, 0.15) is 31.3 Å². The van der Waals surface area contributed by atoms with Crippen LogP contribution in [0.5, 0.6) is 0 Å². The summed E-state index contributed by atoms with van der Waals surface area (Å²) in [4.78, 5) is 21.8. The number of carbonyl (C=O) groups excluding carboxylic acids is 2. The summed E-state index contributed by atoms with van der Waals surface area (Å²) in [5.41, 5.74) is 1.24. The monoisotopic (exact) mass is 232 g/mol.